The van der Waals surface area contributed by atoms with E-state index in [9.17, 15) is 0 Å². The molecular formula is C11H24O2. The number of ether oxygens (including phenoxy) is 2. The van der Waals surface area contributed by atoms with Gasteiger partial charge in [-0.05, 0) is 34.1 Å². The Morgan fingerprint density at radius 2 is 1.85 bits per heavy atom. The van der Waals surface area contributed by atoms with Crippen LogP contribution in [0.2, 0.25) is 0 Å². The van der Waals surface area contributed by atoms with E-state index in [1.54, 1.807) is 0 Å². The second-order valence-electron chi connectivity index (χ2n) is 4.47. The molecule has 0 rings (SSSR count). The van der Waals surface area contributed by atoms with Crippen molar-refractivity contribution in [1.29, 1.82) is 0 Å². The summed E-state index contributed by atoms with van der Waals surface area (Å²) in [4.78, 5) is 0. The summed E-state index contributed by atoms with van der Waals surface area (Å²) in [5, 5.41) is 0. The van der Waals surface area contributed by atoms with Gasteiger partial charge >= 0.3 is 0 Å². The van der Waals surface area contributed by atoms with E-state index < -0.39 is 0 Å². The number of hydrogen-bond donors (Lipinski definition) is 0. The molecule has 2 nitrogen and oxygen atoms in total. The van der Waals surface area contributed by atoms with E-state index in [1.165, 1.54) is 6.42 Å². The standard InChI is InChI=1S/C11H24O2/c1-6-7-8-12-9-10(2)13-11(3,4)5/h10H,6-9H2,1-5H3. The highest BCUT2D eigenvalue weighted by molar-refractivity contribution is 4.62. The Morgan fingerprint density at radius 1 is 1.23 bits per heavy atom. The van der Waals surface area contributed by atoms with Gasteiger partial charge in [0.2, 0.25) is 0 Å². The zero-order chi connectivity index (χ0) is 10.3. The Bertz CT molecular complexity index is 116. The van der Waals surface area contributed by atoms with E-state index >= 15 is 0 Å². The summed E-state index contributed by atoms with van der Waals surface area (Å²) in [6, 6.07) is 0. The highest BCUT2D eigenvalue weighted by Crippen LogP contribution is 2.10. The molecule has 0 saturated heterocycles. The van der Waals surface area contributed by atoms with Gasteiger partial charge in [-0.25, -0.2) is 0 Å². The number of rotatable bonds is 6. The fraction of sp³-hybridized carbons (Fsp3) is 1.00. The molecule has 80 valence electrons. The van der Waals surface area contributed by atoms with Gasteiger partial charge in [-0.2, -0.15) is 0 Å². The minimum Gasteiger partial charge on any atom is -0.379 e. The third-order valence-corrected chi connectivity index (χ3v) is 1.55. The van der Waals surface area contributed by atoms with Crippen LogP contribution in [0.4, 0.5) is 0 Å². The molecule has 0 bridgehead atoms. The van der Waals surface area contributed by atoms with E-state index in [2.05, 4.69) is 34.6 Å². The minimum atomic E-state index is -0.0620. The second-order valence-corrected chi connectivity index (χ2v) is 4.47. The first-order valence-electron chi connectivity index (χ1n) is 5.21. The fourth-order valence-electron chi connectivity index (χ4n) is 1.13. The lowest BCUT2D eigenvalue weighted by Gasteiger charge is -2.24. The van der Waals surface area contributed by atoms with Crippen molar-refractivity contribution in [2.75, 3.05) is 13.2 Å². The van der Waals surface area contributed by atoms with Crippen LogP contribution in [-0.2, 0) is 9.47 Å². The molecule has 0 aliphatic heterocycles. The average molecular weight is 188 g/mol. The molecule has 0 aliphatic carbocycles. The molecule has 13 heavy (non-hydrogen) atoms. The predicted molar refractivity (Wildman–Crippen MR) is 56.0 cm³/mol. The maximum absolute atomic E-state index is 5.69. The van der Waals surface area contributed by atoms with Crippen LogP contribution in [0.25, 0.3) is 0 Å². The molecular weight excluding hydrogens is 164 g/mol. The van der Waals surface area contributed by atoms with Gasteiger partial charge in [-0.15, -0.1) is 0 Å². The van der Waals surface area contributed by atoms with Crippen LogP contribution in [0.1, 0.15) is 47.5 Å². The monoisotopic (exact) mass is 188 g/mol. The maximum atomic E-state index is 5.69. The largest absolute Gasteiger partial charge is 0.379 e. The molecule has 0 radical (unpaired) electrons. The molecule has 0 fully saturated rings. The SMILES string of the molecule is CCCCOCC(C)OC(C)(C)C. The molecule has 0 saturated carbocycles. The molecule has 0 aliphatic rings. The quantitative estimate of drug-likeness (QED) is 0.597. The lowest BCUT2D eigenvalue weighted by molar-refractivity contribution is -0.0841. The van der Waals surface area contributed by atoms with E-state index in [0.29, 0.717) is 6.61 Å². The van der Waals surface area contributed by atoms with Gasteiger partial charge in [0, 0.05) is 6.61 Å². The van der Waals surface area contributed by atoms with Crippen LogP contribution < -0.4 is 0 Å². The third-order valence-electron chi connectivity index (χ3n) is 1.55. The molecule has 0 N–H and O–H groups in total. The topological polar surface area (TPSA) is 18.5 Å². The lowest BCUT2D eigenvalue weighted by atomic mass is 10.2. The Morgan fingerprint density at radius 3 is 2.31 bits per heavy atom. The summed E-state index contributed by atoms with van der Waals surface area (Å²) in [6.07, 6.45) is 2.52. The summed E-state index contributed by atoms with van der Waals surface area (Å²) in [5.41, 5.74) is -0.0620. The van der Waals surface area contributed by atoms with Crippen molar-refractivity contribution in [3.8, 4) is 0 Å². The van der Waals surface area contributed by atoms with E-state index in [4.69, 9.17) is 9.47 Å². The zero-order valence-electron chi connectivity index (χ0n) is 9.72. The van der Waals surface area contributed by atoms with Crippen molar-refractivity contribution in [2.45, 2.75) is 59.2 Å². The summed E-state index contributed by atoms with van der Waals surface area (Å²) in [5.74, 6) is 0. The first-order valence-corrected chi connectivity index (χ1v) is 5.21. The van der Waals surface area contributed by atoms with Gasteiger partial charge in [0.15, 0.2) is 0 Å². The lowest BCUT2D eigenvalue weighted by Crippen LogP contribution is -2.28. The van der Waals surface area contributed by atoms with Crippen LogP contribution in [-0.4, -0.2) is 24.9 Å². The van der Waals surface area contributed by atoms with Gasteiger partial charge in [0.1, 0.15) is 0 Å². The van der Waals surface area contributed by atoms with Crippen LogP contribution in [0, 0.1) is 0 Å². The third kappa shape index (κ3) is 9.84. The molecule has 0 spiro atoms. The van der Waals surface area contributed by atoms with Crippen LogP contribution in [0.5, 0.6) is 0 Å². The van der Waals surface area contributed by atoms with Gasteiger partial charge in [0.25, 0.3) is 0 Å². The fourth-order valence-corrected chi connectivity index (χ4v) is 1.13. The molecule has 1 atom stereocenters. The van der Waals surface area contributed by atoms with Crippen molar-refractivity contribution in [1.82, 2.24) is 0 Å². The maximum Gasteiger partial charge on any atom is 0.0787 e. The molecule has 2 heteroatoms. The second kappa shape index (κ2) is 6.39. The summed E-state index contributed by atoms with van der Waals surface area (Å²) >= 11 is 0. The van der Waals surface area contributed by atoms with Gasteiger partial charge in [-0.3, -0.25) is 0 Å². The minimum absolute atomic E-state index is 0.0620. The Labute approximate surface area is 82.6 Å². The van der Waals surface area contributed by atoms with E-state index in [-0.39, 0.29) is 11.7 Å². The van der Waals surface area contributed by atoms with Gasteiger partial charge < -0.3 is 9.47 Å². The Balaban J connectivity index is 3.35. The molecule has 0 heterocycles. The van der Waals surface area contributed by atoms with E-state index in [1.807, 2.05) is 0 Å². The summed E-state index contributed by atoms with van der Waals surface area (Å²) < 4.78 is 11.1. The van der Waals surface area contributed by atoms with Crippen molar-refractivity contribution >= 4 is 0 Å². The van der Waals surface area contributed by atoms with Crippen molar-refractivity contribution < 1.29 is 9.47 Å². The van der Waals surface area contributed by atoms with E-state index in [0.717, 1.165) is 13.0 Å². The van der Waals surface area contributed by atoms with Crippen molar-refractivity contribution in [3.63, 3.8) is 0 Å². The average Bonchev–Trinajstić information content (AvgIpc) is 1.94. The predicted octanol–water partition coefficient (Wildman–Crippen LogP) is 3.01. The van der Waals surface area contributed by atoms with Crippen LogP contribution >= 0.6 is 0 Å². The van der Waals surface area contributed by atoms with Gasteiger partial charge in [0.05, 0.1) is 18.3 Å². The Kier molecular flexibility index (Phi) is 6.35. The normalized spacial score (nSPS) is 14.5. The summed E-state index contributed by atoms with van der Waals surface area (Å²) in [6.45, 7) is 12.0. The van der Waals surface area contributed by atoms with Crippen molar-refractivity contribution in [2.24, 2.45) is 0 Å². The smallest absolute Gasteiger partial charge is 0.0787 e. The number of hydrogen-bond acceptors (Lipinski definition) is 2. The molecule has 0 aromatic rings. The highest BCUT2D eigenvalue weighted by atomic mass is 16.5. The highest BCUT2D eigenvalue weighted by Gasteiger charge is 2.14. The first kappa shape index (κ1) is 12.9. The first-order chi connectivity index (χ1) is 5.95. The molecule has 0 aromatic carbocycles. The van der Waals surface area contributed by atoms with Crippen LogP contribution in [0.15, 0.2) is 0 Å². The Hall–Kier alpha value is -0.0800. The molecule has 0 aromatic heterocycles. The van der Waals surface area contributed by atoms with Crippen LogP contribution in [0.3, 0.4) is 0 Å². The zero-order valence-corrected chi connectivity index (χ0v) is 9.72. The number of unbranched alkanes of at least 4 members (excludes halogenated alkanes) is 1. The molecule has 1 unspecified atom stereocenters. The van der Waals surface area contributed by atoms with Gasteiger partial charge in [-0.1, -0.05) is 13.3 Å². The van der Waals surface area contributed by atoms with Crippen molar-refractivity contribution in [3.05, 3.63) is 0 Å². The summed E-state index contributed by atoms with van der Waals surface area (Å²) in [7, 11) is 0. The molecule has 0 amide bonds.